The van der Waals surface area contributed by atoms with Crippen LogP contribution in [0.1, 0.15) is 55.2 Å². The molecule has 5 rings (SSSR count). The number of nitrogen functional groups attached to an aromatic ring is 1. The van der Waals surface area contributed by atoms with Crippen LogP contribution in [0.4, 0.5) is 5.69 Å². The minimum atomic E-state index is 0.229. The number of nitrogens with zero attached hydrogens (tertiary/aromatic N) is 2. The van der Waals surface area contributed by atoms with Crippen LogP contribution < -0.4 is 5.73 Å². The van der Waals surface area contributed by atoms with Gasteiger partial charge in [-0.2, -0.15) is 10.2 Å². The number of rotatable bonds is 1. The van der Waals surface area contributed by atoms with Crippen LogP contribution in [-0.2, 0) is 11.2 Å². The first-order valence-electron chi connectivity index (χ1n) is 10.8. The zero-order valence-corrected chi connectivity index (χ0v) is 16.7. The Balaban J connectivity index is 1.71. The van der Waals surface area contributed by atoms with Crippen molar-refractivity contribution in [1.82, 2.24) is 0 Å². The summed E-state index contributed by atoms with van der Waals surface area (Å²) in [6.07, 6.45) is 6.90. The van der Waals surface area contributed by atoms with Crippen LogP contribution in [0, 0.1) is 17.8 Å². The maximum atomic E-state index is 12.9. The van der Waals surface area contributed by atoms with Gasteiger partial charge in [0.15, 0.2) is 0 Å². The number of benzene rings is 2. The summed E-state index contributed by atoms with van der Waals surface area (Å²) in [5.74, 6) is 1.17. The summed E-state index contributed by atoms with van der Waals surface area (Å²) in [5.41, 5.74) is 12.4. The average molecular weight is 386 g/mol. The number of hydrogen-bond acceptors (Lipinski definition) is 4. The Morgan fingerprint density at radius 2 is 1.55 bits per heavy atom. The van der Waals surface area contributed by atoms with E-state index >= 15 is 0 Å². The molecule has 1 aliphatic heterocycles. The second-order valence-corrected chi connectivity index (χ2v) is 8.66. The van der Waals surface area contributed by atoms with Gasteiger partial charge in [0.1, 0.15) is 5.78 Å². The summed E-state index contributed by atoms with van der Waals surface area (Å²) < 4.78 is 0. The molecule has 0 amide bonds. The fourth-order valence-corrected chi connectivity index (χ4v) is 5.55. The molecule has 2 aromatic rings. The zero-order chi connectivity index (χ0) is 19.8. The van der Waals surface area contributed by atoms with Gasteiger partial charge in [-0.15, -0.1) is 0 Å². The molecular formula is C25H27N3O. The first-order valence-corrected chi connectivity index (χ1v) is 10.8. The normalized spacial score (nSPS) is 26.6. The molecule has 1 saturated carbocycles. The summed E-state index contributed by atoms with van der Waals surface area (Å²) in [5, 5.41) is 9.58. The van der Waals surface area contributed by atoms with Crippen LogP contribution in [0.3, 0.4) is 0 Å². The Labute approximate surface area is 171 Å². The quantitative estimate of drug-likeness (QED) is 0.716. The maximum absolute atomic E-state index is 12.9. The van der Waals surface area contributed by atoms with E-state index in [9.17, 15) is 4.79 Å². The number of fused-ring (bicyclic) bond motifs is 2. The first-order chi connectivity index (χ1) is 14.2. The van der Waals surface area contributed by atoms with Gasteiger partial charge in [0, 0.05) is 41.5 Å². The summed E-state index contributed by atoms with van der Waals surface area (Å²) in [4.78, 5) is 12.9. The molecule has 4 nitrogen and oxygen atoms in total. The highest BCUT2D eigenvalue weighted by Crippen LogP contribution is 2.43. The molecule has 0 bridgehead atoms. The van der Waals surface area contributed by atoms with Crippen molar-refractivity contribution in [3.63, 3.8) is 0 Å². The predicted octanol–water partition coefficient (Wildman–Crippen LogP) is 4.80. The average Bonchev–Trinajstić information content (AvgIpc) is 2.70. The predicted molar refractivity (Wildman–Crippen MR) is 117 cm³/mol. The van der Waals surface area contributed by atoms with Crippen LogP contribution in [0.25, 0.3) is 0 Å². The lowest BCUT2D eigenvalue weighted by Crippen LogP contribution is -2.42. The third-order valence-corrected chi connectivity index (χ3v) is 6.87. The van der Waals surface area contributed by atoms with Crippen molar-refractivity contribution in [2.24, 2.45) is 28.0 Å². The standard InChI is InChI=1S/C25H27N3O/c26-22-13-7-6-11-20(22)24-21-12-3-1-2-9-17-15-18(29)14-16-8-4-5-10-19(16)25(23(17)21)28-27-24/h4-8,10-11,13,17,21,23H,1-3,9,12,14-15,26H2. The SMILES string of the molecule is Nc1ccccc1C1=NN=C2c3ccccc3CC(=O)CC3CCCCCC1C23. The highest BCUT2D eigenvalue weighted by molar-refractivity contribution is 6.14. The zero-order valence-electron chi connectivity index (χ0n) is 16.7. The Hall–Kier alpha value is -2.75. The fourth-order valence-electron chi connectivity index (χ4n) is 5.55. The van der Waals surface area contributed by atoms with E-state index in [1.165, 1.54) is 19.3 Å². The van der Waals surface area contributed by atoms with E-state index in [0.29, 0.717) is 24.5 Å². The van der Waals surface area contributed by atoms with Gasteiger partial charge in [0.25, 0.3) is 0 Å². The third-order valence-electron chi connectivity index (χ3n) is 6.87. The molecule has 3 atom stereocenters. The number of carbonyl (C=O) groups excluding carboxylic acids is 1. The van der Waals surface area contributed by atoms with Gasteiger partial charge >= 0.3 is 0 Å². The molecule has 3 aliphatic rings. The van der Waals surface area contributed by atoms with Crippen LogP contribution >= 0.6 is 0 Å². The van der Waals surface area contributed by atoms with E-state index in [4.69, 9.17) is 15.9 Å². The Bertz CT molecular complexity index is 1010. The van der Waals surface area contributed by atoms with E-state index in [-0.39, 0.29) is 11.8 Å². The molecule has 0 spiro atoms. The molecule has 148 valence electrons. The van der Waals surface area contributed by atoms with Crippen LogP contribution in [-0.4, -0.2) is 17.2 Å². The van der Waals surface area contributed by atoms with Crippen molar-refractivity contribution in [3.8, 4) is 0 Å². The highest BCUT2D eigenvalue weighted by atomic mass is 16.1. The summed E-state index contributed by atoms with van der Waals surface area (Å²) in [6.45, 7) is 0. The molecule has 2 N–H and O–H groups in total. The monoisotopic (exact) mass is 385 g/mol. The lowest BCUT2D eigenvalue weighted by molar-refractivity contribution is -0.119. The number of para-hydroxylation sites is 1. The Morgan fingerprint density at radius 1 is 0.828 bits per heavy atom. The molecule has 0 aromatic heterocycles. The number of ketones is 1. The minimum Gasteiger partial charge on any atom is -0.398 e. The number of anilines is 1. The van der Waals surface area contributed by atoms with E-state index < -0.39 is 0 Å². The lowest BCUT2D eigenvalue weighted by atomic mass is 9.65. The number of Topliss-reactive ketones (excluding diaryl/α,β-unsaturated/α-hetero) is 1. The van der Waals surface area contributed by atoms with Gasteiger partial charge < -0.3 is 5.73 Å². The molecule has 2 aromatic carbocycles. The third kappa shape index (κ3) is 3.31. The van der Waals surface area contributed by atoms with Crippen molar-refractivity contribution in [2.75, 3.05) is 5.73 Å². The van der Waals surface area contributed by atoms with Crippen LogP contribution in [0.15, 0.2) is 58.7 Å². The lowest BCUT2D eigenvalue weighted by Gasteiger charge is -2.40. The first kappa shape index (κ1) is 18.3. The van der Waals surface area contributed by atoms with Gasteiger partial charge in [-0.05, 0) is 30.4 Å². The molecule has 0 saturated heterocycles. The second kappa shape index (κ2) is 7.58. The van der Waals surface area contributed by atoms with Gasteiger partial charge in [0.2, 0.25) is 0 Å². The summed E-state index contributed by atoms with van der Waals surface area (Å²) in [7, 11) is 0. The molecule has 1 fully saturated rings. The van der Waals surface area contributed by atoms with E-state index in [0.717, 1.165) is 46.6 Å². The van der Waals surface area contributed by atoms with Gasteiger partial charge in [-0.3, -0.25) is 4.79 Å². The smallest absolute Gasteiger partial charge is 0.137 e. The van der Waals surface area contributed by atoms with Crippen molar-refractivity contribution >= 4 is 22.9 Å². The molecular weight excluding hydrogens is 358 g/mol. The number of carbonyl (C=O) groups is 1. The van der Waals surface area contributed by atoms with Crippen molar-refractivity contribution in [1.29, 1.82) is 0 Å². The Morgan fingerprint density at radius 3 is 2.41 bits per heavy atom. The number of hydrogen-bond donors (Lipinski definition) is 1. The minimum absolute atomic E-state index is 0.229. The molecule has 4 heteroatoms. The largest absolute Gasteiger partial charge is 0.398 e. The fraction of sp³-hybridized carbons (Fsp3) is 0.400. The van der Waals surface area contributed by atoms with Gasteiger partial charge in [-0.25, -0.2) is 0 Å². The molecule has 1 heterocycles. The van der Waals surface area contributed by atoms with Crippen molar-refractivity contribution in [3.05, 3.63) is 65.2 Å². The van der Waals surface area contributed by atoms with Gasteiger partial charge in [-0.1, -0.05) is 61.7 Å². The van der Waals surface area contributed by atoms with E-state index in [1.807, 2.05) is 24.3 Å². The molecule has 2 aliphatic carbocycles. The highest BCUT2D eigenvalue weighted by Gasteiger charge is 2.42. The Kier molecular flexibility index (Phi) is 4.78. The summed E-state index contributed by atoms with van der Waals surface area (Å²) in [6, 6.07) is 16.2. The second-order valence-electron chi connectivity index (χ2n) is 8.66. The van der Waals surface area contributed by atoms with Crippen molar-refractivity contribution in [2.45, 2.75) is 44.9 Å². The maximum Gasteiger partial charge on any atom is 0.137 e. The summed E-state index contributed by atoms with van der Waals surface area (Å²) >= 11 is 0. The van der Waals surface area contributed by atoms with E-state index in [1.54, 1.807) is 0 Å². The van der Waals surface area contributed by atoms with Crippen LogP contribution in [0.5, 0.6) is 0 Å². The molecule has 29 heavy (non-hydrogen) atoms. The molecule has 3 unspecified atom stereocenters. The van der Waals surface area contributed by atoms with E-state index in [2.05, 4.69) is 24.3 Å². The number of nitrogens with two attached hydrogens (primary N) is 1. The van der Waals surface area contributed by atoms with Gasteiger partial charge in [0.05, 0.1) is 11.4 Å². The topological polar surface area (TPSA) is 67.8 Å². The van der Waals surface area contributed by atoms with Crippen LogP contribution in [0.2, 0.25) is 0 Å². The van der Waals surface area contributed by atoms with Crippen molar-refractivity contribution < 1.29 is 4.79 Å². The molecule has 0 radical (unpaired) electrons.